The summed E-state index contributed by atoms with van der Waals surface area (Å²) in [5, 5.41) is 0. The molecule has 2 N–H and O–H groups in total. The van der Waals surface area contributed by atoms with E-state index in [-0.39, 0.29) is 5.91 Å². The maximum Gasteiger partial charge on any atom is 0.222 e. The molecule has 3 heteroatoms. The van der Waals surface area contributed by atoms with Crippen LogP contribution in [0.15, 0.2) is 0 Å². The van der Waals surface area contributed by atoms with Gasteiger partial charge in [0.15, 0.2) is 0 Å². The zero-order valence-corrected chi connectivity index (χ0v) is 8.62. The molecule has 1 saturated carbocycles. The van der Waals surface area contributed by atoms with Crippen LogP contribution in [-0.4, -0.2) is 29.9 Å². The fourth-order valence-corrected chi connectivity index (χ4v) is 1.94. The molecule has 1 fully saturated rings. The summed E-state index contributed by atoms with van der Waals surface area (Å²) in [7, 11) is 1.91. The van der Waals surface area contributed by atoms with E-state index in [1.54, 1.807) is 0 Å². The average Bonchev–Trinajstić information content (AvgIpc) is 2.17. The zero-order chi connectivity index (χ0) is 9.84. The predicted molar refractivity (Wildman–Crippen MR) is 53.3 cm³/mol. The van der Waals surface area contributed by atoms with E-state index in [2.05, 4.69) is 0 Å². The topological polar surface area (TPSA) is 46.3 Å². The summed E-state index contributed by atoms with van der Waals surface area (Å²) in [5.74, 6) is 0.250. The van der Waals surface area contributed by atoms with E-state index in [1.807, 2.05) is 18.9 Å². The van der Waals surface area contributed by atoms with E-state index >= 15 is 0 Å². The van der Waals surface area contributed by atoms with Crippen molar-refractivity contribution >= 4 is 5.91 Å². The lowest BCUT2D eigenvalue weighted by molar-refractivity contribution is -0.132. The van der Waals surface area contributed by atoms with Crippen LogP contribution in [-0.2, 0) is 4.79 Å². The van der Waals surface area contributed by atoms with Crippen LogP contribution in [0.3, 0.4) is 0 Å². The minimum Gasteiger partial charge on any atom is -0.343 e. The smallest absolute Gasteiger partial charge is 0.222 e. The number of nitrogens with two attached hydrogens (primary N) is 1. The van der Waals surface area contributed by atoms with Crippen molar-refractivity contribution in [2.45, 2.75) is 51.1 Å². The number of carbonyl (C=O) groups is 1. The normalized spacial score (nSPS) is 28.5. The van der Waals surface area contributed by atoms with Crippen LogP contribution in [0.4, 0.5) is 0 Å². The van der Waals surface area contributed by atoms with E-state index in [0.29, 0.717) is 18.5 Å². The average molecular weight is 184 g/mol. The van der Waals surface area contributed by atoms with Gasteiger partial charge < -0.3 is 10.6 Å². The Balaban J connectivity index is 2.39. The fourth-order valence-electron chi connectivity index (χ4n) is 1.94. The van der Waals surface area contributed by atoms with Crippen molar-refractivity contribution in [3.05, 3.63) is 0 Å². The van der Waals surface area contributed by atoms with E-state index < -0.39 is 0 Å². The van der Waals surface area contributed by atoms with Crippen molar-refractivity contribution in [3.8, 4) is 0 Å². The number of rotatable bonds is 2. The summed E-state index contributed by atoms with van der Waals surface area (Å²) >= 11 is 0. The van der Waals surface area contributed by atoms with Crippen LogP contribution in [0.2, 0.25) is 0 Å². The Labute approximate surface area is 80.3 Å². The van der Waals surface area contributed by atoms with Gasteiger partial charge in [-0.3, -0.25) is 4.79 Å². The van der Waals surface area contributed by atoms with Crippen LogP contribution in [0.25, 0.3) is 0 Å². The van der Waals surface area contributed by atoms with Gasteiger partial charge in [0.05, 0.1) is 0 Å². The highest BCUT2D eigenvalue weighted by molar-refractivity contribution is 5.75. The second-order valence-corrected chi connectivity index (χ2v) is 3.93. The number of nitrogens with zero attached hydrogens (tertiary/aromatic N) is 1. The van der Waals surface area contributed by atoms with Gasteiger partial charge in [0.2, 0.25) is 5.91 Å². The third-order valence-corrected chi connectivity index (χ3v) is 2.98. The van der Waals surface area contributed by atoms with Crippen molar-refractivity contribution in [2.75, 3.05) is 7.05 Å². The Morgan fingerprint density at radius 2 is 1.92 bits per heavy atom. The van der Waals surface area contributed by atoms with Gasteiger partial charge in [-0.25, -0.2) is 0 Å². The summed E-state index contributed by atoms with van der Waals surface area (Å²) in [4.78, 5) is 13.3. The quantitative estimate of drug-likeness (QED) is 0.699. The van der Waals surface area contributed by atoms with Gasteiger partial charge in [0, 0.05) is 25.6 Å². The first-order chi connectivity index (χ1) is 6.15. The fraction of sp³-hybridized carbons (Fsp3) is 0.900. The van der Waals surface area contributed by atoms with Crippen LogP contribution in [0, 0.1) is 0 Å². The van der Waals surface area contributed by atoms with Crippen molar-refractivity contribution in [2.24, 2.45) is 5.73 Å². The number of hydrogen-bond acceptors (Lipinski definition) is 2. The van der Waals surface area contributed by atoms with Gasteiger partial charge in [0.1, 0.15) is 0 Å². The van der Waals surface area contributed by atoms with Gasteiger partial charge in [-0.2, -0.15) is 0 Å². The number of carbonyl (C=O) groups excluding carboxylic acids is 1. The molecule has 1 aliphatic rings. The lowest BCUT2D eigenvalue weighted by Gasteiger charge is -2.33. The molecular formula is C10H20N2O. The van der Waals surface area contributed by atoms with Crippen LogP contribution in [0.1, 0.15) is 39.0 Å². The van der Waals surface area contributed by atoms with E-state index in [9.17, 15) is 4.79 Å². The van der Waals surface area contributed by atoms with Gasteiger partial charge >= 0.3 is 0 Å². The summed E-state index contributed by atoms with van der Waals surface area (Å²) in [6.45, 7) is 1.91. The van der Waals surface area contributed by atoms with Crippen LogP contribution < -0.4 is 5.73 Å². The molecule has 0 aromatic heterocycles. The molecule has 0 saturated heterocycles. The summed E-state index contributed by atoms with van der Waals surface area (Å²) in [6.07, 6.45) is 4.88. The van der Waals surface area contributed by atoms with E-state index in [1.165, 1.54) is 0 Å². The first kappa shape index (κ1) is 10.5. The molecule has 0 aromatic rings. The highest BCUT2D eigenvalue weighted by atomic mass is 16.2. The van der Waals surface area contributed by atoms with Crippen LogP contribution in [0.5, 0.6) is 0 Å². The molecule has 76 valence electrons. The Hall–Kier alpha value is -0.570. The third-order valence-electron chi connectivity index (χ3n) is 2.98. The van der Waals surface area contributed by atoms with Crippen molar-refractivity contribution < 1.29 is 4.79 Å². The molecule has 0 aliphatic heterocycles. The molecule has 1 aliphatic carbocycles. The van der Waals surface area contributed by atoms with Gasteiger partial charge in [-0.15, -0.1) is 0 Å². The minimum absolute atomic E-state index is 0.250. The second kappa shape index (κ2) is 4.61. The Bertz CT molecular complexity index is 174. The highest BCUT2D eigenvalue weighted by Crippen LogP contribution is 2.21. The number of hydrogen-bond donors (Lipinski definition) is 1. The summed E-state index contributed by atoms with van der Waals surface area (Å²) in [5.41, 5.74) is 5.80. The maximum absolute atomic E-state index is 11.4. The Morgan fingerprint density at radius 1 is 1.38 bits per heavy atom. The Kier molecular flexibility index (Phi) is 3.72. The van der Waals surface area contributed by atoms with Gasteiger partial charge in [0.25, 0.3) is 0 Å². The van der Waals surface area contributed by atoms with E-state index in [0.717, 1.165) is 25.7 Å². The monoisotopic (exact) mass is 184 g/mol. The minimum atomic E-state index is 0.250. The van der Waals surface area contributed by atoms with Crippen molar-refractivity contribution in [3.63, 3.8) is 0 Å². The lowest BCUT2D eigenvalue weighted by Crippen LogP contribution is -2.41. The SMILES string of the molecule is CCC(=O)N(C)C1CCC(N)CC1. The third kappa shape index (κ3) is 2.69. The number of amides is 1. The predicted octanol–water partition coefficient (Wildman–Crippen LogP) is 1.12. The molecule has 13 heavy (non-hydrogen) atoms. The molecule has 0 unspecified atom stereocenters. The molecule has 1 rings (SSSR count). The Morgan fingerprint density at radius 3 is 2.38 bits per heavy atom. The molecular weight excluding hydrogens is 164 g/mol. The van der Waals surface area contributed by atoms with Crippen molar-refractivity contribution in [1.82, 2.24) is 4.90 Å². The maximum atomic E-state index is 11.4. The van der Waals surface area contributed by atoms with Crippen molar-refractivity contribution in [1.29, 1.82) is 0 Å². The molecule has 3 nitrogen and oxygen atoms in total. The lowest BCUT2D eigenvalue weighted by atomic mass is 9.91. The standard InChI is InChI=1S/C10H20N2O/c1-3-10(13)12(2)9-6-4-8(11)5-7-9/h8-9H,3-7,11H2,1-2H3. The second-order valence-electron chi connectivity index (χ2n) is 3.93. The largest absolute Gasteiger partial charge is 0.343 e. The highest BCUT2D eigenvalue weighted by Gasteiger charge is 2.23. The molecule has 0 heterocycles. The molecule has 0 bridgehead atoms. The summed E-state index contributed by atoms with van der Waals surface area (Å²) in [6, 6.07) is 0.800. The molecule has 0 radical (unpaired) electrons. The first-order valence-corrected chi connectivity index (χ1v) is 5.16. The molecule has 0 atom stereocenters. The van der Waals surface area contributed by atoms with Gasteiger partial charge in [-0.1, -0.05) is 6.92 Å². The molecule has 0 aromatic carbocycles. The molecule has 0 spiro atoms. The first-order valence-electron chi connectivity index (χ1n) is 5.16. The van der Waals surface area contributed by atoms with Gasteiger partial charge in [-0.05, 0) is 25.7 Å². The van der Waals surface area contributed by atoms with E-state index in [4.69, 9.17) is 5.73 Å². The molecule has 1 amide bonds. The van der Waals surface area contributed by atoms with Crippen LogP contribution >= 0.6 is 0 Å². The zero-order valence-electron chi connectivity index (χ0n) is 8.62. The summed E-state index contributed by atoms with van der Waals surface area (Å²) < 4.78 is 0.